The Morgan fingerprint density at radius 2 is 2.00 bits per heavy atom. The quantitative estimate of drug-likeness (QED) is 0.871. The maximum atomic E-state index is 12.7. The number of fused-ring (bicyclic) bond motifs is 1. The van der Waals surface area contributed by atoms with Gasteiger partial charge in [-0.25, -0.2) is 8.42 Å². The van der Waals surface area contributed by atoms with Crippen molar-refractivity contribution < 1.29 is 26.4 Å². The lowest BCUT2D eigenvalue weighted by atomic mass is 10.0. The molecule has 1 N–H and O–H groups in total. The van der Waals surface area contributed by atoms with Gasteiger partial charge in [0.25, 0.3) is 5.91 Å². The fourth-order valence-corrected chi connectivity index (χ4v) is 4.44. The molecule has 0 aliphatic carbocycles. The normalized spacial score (nSPS) is 19.3. The van der Waals surface area contributed by atoms with E-state index in [1.54, 1.807) is 24.3 Å². The van der Waals surface area contributed by atoms with Crippen molar-refractivity contribution in [2.75, 3.05) is 5.75 Å². The van der Waals surface area contributed by atoms with Gasteiger partial charge in [-0.05, 0) is 11.1 Å². The summed E-state index contributed by atoms with van der Waals surface area (Å²) in [6.45, 7) is 0. The lowest BCUT2D eigenvalue weighted by Gasteiger charge is -2.26. The van der Waals surface area contributed by atoms with Gasteiger partial charge in [-0.3, -0.25) is 9.48 Å². The minimum Gasteiger partial charge on any atom is -0.343 e. The van der Waals surface area contributed by atoms with Gasteiger partial charge in [0.15, 0.2) is 15.5 Å². The summed E-state index contributed by atoms with van der Waals surface area (Å²) in [7, 11) is -2.20. The van der Waals surface area contributed by atoms with E-state index in [0.717, 1.165) is 4.68 Å². The summed E-state index contributed by atoms with van der Waals surface area (Å²) in [5.74, 6) is -1.25. The molecule has 134 valence electrons. The van der Waals surface area contributed by atoms with Crippen LogP contribution < -0.4 is 5.32 Å². The van der Waals surface area contributed by atoms with E-state index >= 15 is 0 Å². The predicted molar refractivity (Wildman–Crippen MR) is 82.4 cm³/mol. The molecule has 0 radical (unpaired) electrons. The zero-order valence-electron chi connectivity index (χ0n) is 13.0. The van der Waals surface area contributed by atoms with Crippen LogP contribution in [0.2, 0.25) is 0 Å². The predicted octanol–water partition coefficient (Wildman–Crippen LogP) is 1.84. The summed E-state index contributed by atoms with van der Waals surface area (Å²) >= 11 is 0. The van der Waals surface area contributed by atoms with Crippen molar-refractivity contribution in [2.45, 2.75) is 18.0 Å². The molecule has 0 saturated carbocycles. The van der Waals surface area contributed by atoms with Crippen LogP contribution in [0.1, 0.15) is 33.4 Å². The Labute approximate surface area is 141 Å². The van der Waals surface area contributed by atoms with Crippen LogP contribution in [0, 0.1) is 0 Å². The smallest absolute Gasteiger partial charge is 0.343 e. The molecule has 1 amide bonds. The van der Waals surface area contributed by atoms with Crippen LogP contribution in [-0.4, -0.2) is 29.9 Å². The van der Waals surface area contributed by atoms with Gasteiger partial charge in [0, 0.05) is 13.1 Å². The third-order valence-corrected chi connectivity index (χ3v) is 5.53. The standard InChI is InChI=1S/C15H14F3N3O3S/c1-21-12(6-13(20-21)15(16,17)18)14(22)19-11-8-25(23,24)7-9-4-2-3-5-10(9)11/h2-6,11H,7-8H2,1H3,(H,19,22). The molecule has 0 fully saturated rings. The Morgan fingerprint density at radius 3 is 2.64 bits per heavy atom. The summed E-state index contributed by atoms with van der Waals surface area (Å²) in [6, 6.07) is 6.55. The van der Waals surface area contributed by atoms with Gasteiger partial charge in [-0.15, -0.1) is 0 Å². The van der Waals surface area contributed by atoms with Gasteiger partial charge in [0.1, 0.15) is 5.69 Å². The highest BCUT2D eigenvalue weighted by Gasteiger charge is 2.36. The van der Waals surface area contributed by atoms with Crippen LogP contribution in [-0.2, 0) is 28.8 Å². The lowest BCUT2D eigenvalue weighted by molar-refractivity contribution is -0.141. The highest BCUT2D eigenvalue weighted by Crippen LogP contribution is 2.30. The Hall–Kier alpha value is -2.36. The molecule has 1 atom stereocenters. The first-order valence-electron chi connectivity index (χ1n) is 7.27. The largest absolute Gasteiger partial charge is 0.435 e. The molecule has 6 nitrogen and oxygen atoms in total. The van der Waals surface area contributed by atoms with Crippen molar-refractivity contribution in [1.29, 1.82) is 0 Å². The second-order valence-electron chi connectivity index (χ2n) is 5.82. The van der Waals surface area contributed by atoms with Crippen molar-refractivity contribution in [1.82, 2.24) is 15.1 Å². The molecular formula is C15H14F3N3O3S. The number of rotatable bonds is 2. The van der Waals surface area contributed by atoms with Crippen molar-refractivity contribution in [3.8, 4) is 0 Å². The van der Waals surface area contributed by atoms with E-state index in [9.17, 15) is 26.4 Å². The summed E-state index contributed by atoms with van der Waals surface area (Å²) in [5.41, 5.74) is -0.270. The number of alkyl halides is 3. The lowest BCUT2D eigenvalue weighted by Crippen LogP contribution is -2.37. The number of halogens is 3. The van der Waals surface area contributed by atoms with Gasteiger partial charge < -0.3 is 5.32 Å². The number of hydrogen-bond acceptors (Lipinski definition) is 4. The number of carbonyl (C=O) groups excluding carboxylic acids is 1. The number of carbonyl (C=O) groups is 1. The molecule has 2 aromatic rings. The third kappa shape index (κ3) is 3.53. The van der Waals surface area contributed by atoms with Gasteiger partial charge in [-0.1, -0.05) is 24.3 Å². The number of benzene rings is 1. The molecule has 1 aliphatic heterocycles. The summed E-state index contributed by atoms with van der Waals surface area (Å²) < 4.78 is 63.0. The van der Waals surface area contributed by atoms with Crippen molar-refractivity contribution in [3.63, 3.8) is 0 Å². The SMILES string of the molecule is Cn1nc(C(F)(F)F)cc1C(=O)NC1CS(=O)(=O)Cc2ccccc21. The summed E-state index contributed by atoms with van der Waals surface area (Å²) in [6.07, 6.45) is -4.67. The van der Waals surface area contributed by atoms with Gasteiger partial charge >= 0.3 is 6.18 Å². The molecule has 0 bridgehead atoms. The maximum Gasteiger partial charge on any atom is 0.435 e. The first-order valence-corrected chi connectivity index (χ1v) is 9.09. The molecule has 1 aliphatic rings. The Balaban J connectivity index is 1.90. The Bertz CT molecular complexity index is 935. The van der Waals surface area contributed by atoms with E-state index < -0.39 is 33.7 Å². The van der Waals surface area contributed by atoms with Crippen LogP contribution in [0.4, 0.5) is 13.2 Å². The molecule has 3 rings (SSSR count). The van der Waals surface area contributed by atoms with Crippen LogP contribution in [0.5, 0.6) is 0 Å². The zero-order valence-corrected chi connectivity index (χ0v) is 13.9. The second-order valence-corrected chi connectivity index (χ2v) is 7.92. The minimum atomic E-state index is -4.67. The van der Waals surface area contributed by atoms with E-state index in [-0.39, 0.29) is 17.2 Å². The van der Waals surface area contributed by atoms with Crippen molar-refractivity contribution in [2.24, 2.45) is 7.05 Å². The maximum absolute atomic E-state index is 12.7. The number of aromatic nitrogens is 2. The minimum absolute atomic E-state index is 0.126. The highest BCUT2D eigenvalue weighted by atomic mass is 32.2. The first-order chi connectivity index (χ1) is 11.6. The van der Waals surface area contributed by atoms with Crippen LogP contribution in [0.3, 0.4) is 0 Å². The van der Waals surface area contributed by atoms with E-state index in [4.69, 9.17) is 0 Å². The Kier molecular flexibility index (Phi) is 4.10. The Morgan fingerprint density at radius 1 is 1.32 bits per heavy atom. The van der Waals surface area contributed by atoms with Gasteiger partial charge in [0.05, 0.1) is 17.5 Å². The number of nitrogens with zero attached hydrogens (tertiary/aromatic N) is 2. The number of aryl methyl sites for hydroxylation is 1. The fraction of sp³-hybridized carbons (Fsp3) is 0.333. The highest BCUT2D eigenvalue weighted by molar-refractivity contribution is 7.90. The van der Waals surface area contributed by atoms with E-state index in [0.29, 0.717) is 17.2 Å². The number of nitrogens with one attached hydrogen (secondary N) is 1. The second kappa shape index (κ2) is 5.87. The van der Waals surface area contributed by atoms with Crippen molar-refractivity contribution in [3.05, 3.63) is 52.8 Å². The van der Waals surface area contributed by atoms with E-state index in [1.807, 2.05) is 0 Å². The molecule has 10 heteroatoms. The molecule has 25 heavy (non-hydrogen) atoms. The molecule has 0 spiro atoms. The molecule has 2 heterocycles. The van der Waals surface area contributed by atoms with E-state index in [2.05, 4.69) is 10.4 Å². The van der Waals surface area contributed by atoms with Gasteiger partial charge in [-0.2, -0.15) is 18.3 Å². The van der Waals surface area contributed by atoms with Crippen LogP contribution in [0.25, 0.3) is 0 Å². The number of hydrogen-bond donors (Lipinski definition) is 1. The van der Waals surface area contributed by atoms with Crippen LogP contribution in [0.15, 0.2) is 30.3 Å². The fourth-order valence-electron chi connectivity index (χ4n) is 2.82. The molecule has 0 saturated heterocycles. The van der Waals surface area contributed by atoms with E-state index in [1.165, 1.54) is 7.05 Å². The summed E-state index contributed by atoms with van der Waals surface area (Å²) in [4.78, 5) is 12.4. The summed E-state index contributed by atoms with van der Waals surface area (Å²) in [5, 5.41) is 5.79. The molecule has 1 aromatic carbocycles. The number of amides is 1. The topological polar surface area (TPSA) is 81.1 Å². The average Bonchev–Trinajstić information content (AvgIpc) is 2.88. The van der Waals surface area contributed by atoms with Crippen molar-refractivity contribution >= 4 is 15.7 Å². The molecule has 1 unspecified atom stereocenters. The third-order valence-electron chi connectivity index (χ3n) is 3.93. The van der Waals surface area contributed by atoms with Gasteiger partial charge in [0.2, 0.25) is 0 Å². The average molecular weight is 373 g/mol. The van der Waals surface area contributed by atoms with Crippen LogP contribution >= 0.6 is 0 Å². The zero-order chi connectivity index (χ0) is 18.4. The molecular weight excluding hydrogens is 359 g/mol. The first kappa shape index (κ1) is 17.5. The molecule has 1 aromatic heterocycles. The number of sulfone groups is 1. The monoisotopic (exact) mass is 373 g/mol.